The molecule has 0 bridgehead atoms. The third kappa shape index (κ3) is 2.90. The SMILES string of the molecule is COc1ccc([C@@H]2CC(=O)Nc3c2c(C)nn3C2CCCCC2)cn1. The quantitative estimate of drug-likeness (QED) is 0.927. The molecule has 2 aliphatic rings. The first kappa shape index (κ1) is 16.1. The van der Waals surface area contributed by atoms with Gasteiger partial charge in [0.2, 0.25) is 11.8 Å². The molecule has 0 aromatic carbocycles. The first-order chi connectivity index (χ1) is 12.2. The van der Waals surface area contributed by atoms with Crippen LogP contribution in [0, 0.1) is 6.92 Å². The van der Waals surface area contributed by atoms with E-state index in [1.807, 2.05) is 25.3 Å². The number of hydrogen-bond acceptors (Lipinski definition) is 4. The summed E-state index contributed by atoms with van der Waals surface area (Å²) >= 11 is 0. The summed E-state index contributed by atoms with van der Waals surface area (Å²) in [6.07, 6.45) is 8.28. The molecule has 4 rings (SSSR count). The number of anilines is 1. The number of carbonyl (C=O) groups is 1. The molecule has 1 fully saturated rings. The van der Waals surface area contributed by atoms with E-state index >= 15 is 0 Å². The monoisotopic (exact) mass is 340 g/mol. The van der Waals surface area contributed by atoms with Crippen LogP contribution in [-0.4, -0.2) is 27.8 Å². The van der Waals surface area contributed by atoms with Crippen LogP contribution >= 0.6 is 0 Å². The van der Waals surface area contributed by atoms with Crippen molar-refractivity contribution in [2.45, 2.75) is 57.4 Å². The smallest absolute Gasteiger partial charge is 0.226 e. The van der Waals surface area contributed by atoms with E-state index < -0.39 is 0 Å². The number of pyridine rings is 1. The normalized spacial score (nSPS) is 20.9. The van der Waals surface area contributed by atoms with Crippen molar-refractivity contribution in [2.24, 2.45) is 0 Å². The van der Waals surface area contributed by atoms with Crippen LogP contribution in [0.3, 0.4) is 0 Å². The molecule has 2 aromatic heterocycles. The summed E-state index contributed by atoms with van der Waals surface area (Å²) in [5, 5.41) is 7.90. The van der Waals surface area contributed by atoms with Crippen molar-refractivity contribution in [3.8, 4) is 5.88 Å². The lowest BCUT2D eigenvalue weighted by molar-refractivity contribution is -0.116. The highest BCUT2D eigenvalue weighted by Gasteiger charge is 2.34. The summed E-state index contributed by atoms with van der Waals surface area (Å²) in [4.78, 5) is 16.7. The van der Waals surface area contributed by atoms with Gasteiger partial charge in [-0.3, -0.25) is 4.79 Å². The van der Waals surface area contributed by atoms with Gasteiger partial charge in [0.05, 0.1) is 18.8 Å². The minimum Gasteiger partial charge on any atom is -0.481 e. The molecular formula is C19H24N4O2. The molecule has 132 valence electrons. The van der Waals surface area contributed by atoms with Gasteiger partial charge in [-0.1, -0.05) is 25.3 Å². The molecule has 1 saturated carbocycles. The summed E-state index contributed by atoms with van der Waals surface area (Å²) in [5.74, 6) is 1.52. The second kappa shape index (κ2) is 6.50. The minimum absolute atomic E-state index is 0.000466. The van der Waals surface area contributed by atoms with Crippen LogP contribution in [0.4, 0.5) is 5.82 Å². The van der Waals surface area contributed by atoms with Crippen LogP contribution in [0.15, 0.2) is 18.3 Å². The zero-order valence-electron chi connectivity index (χ0n) is 14.8. The molecular weight excluding hydrogens is 316 g/mol. The Bertz CT molecular complexity index is 775. The molecule has 3 heterocycles. The van der Waals surface area contributed by atoms with E-state index in [-0.39, 0.29) is 11.8 Å². The summed E-state index contributed by atoms with van der Waals surface area (Å²) in [5.41, 5.74) is 3.17. The first-order valence-corrected chi connectivity index (χ1v) is 9.06. The fourth-order valence-corrected chi connectivity index (χ4v) is 4.17. The first-order valence-electron chi connectivity index (χ1n) is 9.06. The summed E-state index contributed by atoms with van der Waals surface area (Å²) in [7, 11) is 1.60. The van der Waals surface area contributed by atoms with Crippen molar-refractivity contribution in [3.05, 3.63) is 35.2 Å². The van der Waals surface area contributed by atoms with Crippen LogP contribution in [0.1, 0.15) is 67.3 Å². The number of carbonyl (C=O) groups excluding carboxylic acids is 1. The molecule has 0 spiro atoms. The van der Waals surface area contributed by atoms with Gasteiger partial charge in [0.15, 0.2) is 0 Å². The van der Waals surface area contributed by atoms with Gasteiger partial charge in [-0.2, -0.15) is 5.10 Å². The summed E-state index contributed by atoms with van der Waals surface area (Å²) in [6, 6.07) is 4.24. The number of hydrogen-bond donors (Lipinski definition) is 1. The van der Waals surface area contributed by atoms with Crippen molar-refractivity contribution in [1.29, 1.82) is 0 Å². The Hall–Kier alpha value is -2.37. The van der Waals surface area contributed by atoms with Crippen LogP contribution in [0.5, 0.6) is 5.88 Å². The Labute approximate surface area is 147 Å². The predicted octanol–water partition coefficient (Wildman–Crippen LogP) is 3.57. The molecule has 2 aromatic rings. The van der Waals surface area contributed by atoms with Gasteiger partial charge in [0.1, 0.15) is 5.82 Å². The lowest BCUT2D eigenvalue weighted by atomic mass is 9.86. The predicted molar refractivity (Wildman–Crippen MR) is 95.0 cm³/mol. The van der Waals surface area contributed by atoms with E-state index in [9.17, 15) is 4.79 Å². The van der Waals surface area contributed by atoms with Crippen LogP contribution in [0.25, 0.3) is 0 Å². The van der Waals surface area contributed by atoms with Gasteiger partial charge in [-0.05, 0) is 25.3 Å². The van der Waals surface area contributed by atoms with Gasteiger partial charge in [0, 0.05) is 30.2 Å². The second-order valence-corrected chi connectivity index (χ2v) is 7.02. The number of rotatable bonds is 3. The lowest BCUT2D eigenvalue weighted by Crippen LogP contribution is -2.26. The highest BCUT2D eigenvalue weighted by molar-refractivity contribution is 5.94. The van der Waals surface area contributed by atoms with E-state index in [4.69, 9.17) is 9.84 Å². The highest BCUT2D eigenvalue weighted by Crippen LogP contribution is 2.42. The van der Waals surface area contributed by atoms with Crippen molar-refractivity contribution < 1.29 is 9.53 Å². The number of aromatic nitrogens is 3. The highest BCUT2D eigenvalue weighted by atomic mass is 16.5. The molecule has 1 aliphatic carbocycles. The number of fused-ring (bicyclic) bond motifs is 1. The lowest BCUT2D eigenvalue weighted by Gasteiger charge is -2.28. The van der Waals surface area contributed by atoms with E-state index in [2.05, 4.69) is 15.0 Å². The fourth-order valence-electron chi connectivity index (χ4n) is 4.17. The number of ether oxygens (including phenoxy) is 1. The maximum atomic E-state index is 12.4. The Morgan fingerprint density at radius 3 is 2.72 bits per heavy atom. The topological polar surface area (TPSA) is 69.0 Å². The summed E-state index contributed by atoms with van der Waals surface area (Å²) in [6.45, 7) is 2.04. The zero-order valence-corrected chi connectivity index (χ0v) is 14.8. The molecule has 0 unspecified atom stereocenters. The van der Waals surface area contributed by atoms with E-state index in [1.165, 1.54) is 19.3 Å². The Balaban J connectivity index is 1.75. The number of nitrogens with zero attached hydrogens (tertiary/aromatic N) is 3. The molecule has 1 amide bonds. The maximum Gasteiger partial charge on any atom is 0.226 e. The van der Waals surface area contributed by atoms with E-state index in [0.29, 0.717) is 18.3 Å². The second-order valence-electron chi connectivity index (χ2n) is 7.02. The van der Waals surface area contributed by atoms with Crippen molar-refractivity contribution >= 4 is 11.7 Å². The van der Waals surface area contributed by atoms with Crippen molar-refractivity contribution in [2.75, 3.05) is 12.4 Å². The van der Waals surface area contributed by atoms with Crippen LogP contribution in [0.2, 0.25) is 0 Å². The number of aryl methyl sites for hydroxylation is 1. The van der Waals surface area contributed by atoms with Crippen molar-refractivity contribution in [1.82, 2.24) is 14.8 Å². The maximum absolute atomic E-state index is 12.4. The largest absolute Gasteiger partial charge is 0.481 e. The average molecular weight is 340 g/mol. The van der Waals surface area contributed by atoms with Crippen LogP contribution < -0.4 is 10.1 Å². The zero-order chi connectivity index (χ0) is 17.4. The summed E-state index contributed by atoms with van der Waals surface area (Å²) < 4.78 is 7.22. The molecule has 0 radical (unpaired) electrons. The van der Waals surface area contributed by atoms with Gasteiger partial charge in [-0.25, -0.2) is 9.67 Å². The van der Waals surface area contributed by atoms with Gasteiger partial charge < -0.3 is 10.1 Å². The molecule has 1 N–H and O–H groups in total. The van der Waals surface area contributed by atoms with Gasteiger partial charge in [-0.15, -0.1) is 0 Å². The molecule has 6 nitrogen and oxygen atoms in total. The Kier molecular flexibility index (Phi) is 4.19. The molecule has 25 heavy (non-hydrogen) atoms. The molecule has 1 aliphatic heterocycles. The van der Waals surface area contributed by atoms with Gasteiger partial charge >= 0.3 is 0 Å². The van der Waals surface area contributed by atoms with Crippen LogP contribution in [-0.2, 0) is 4.79 Å². The average Bonchev–Trinajstić information content (AvgIpc) is 2.98. The molecule has 0 saturated heterocycles. The fraction of sp³-hybridized carbons (Fsp3) is 0.526. The molecule has 1 atom stereocenters. The number of nitrogens with one attached hydrogen (secondary N) is 1. The van der Waals surface area contributed by atoms with E-state index in [1.54, 1.807) is 7.11 Å². The van der Waals surface area contributed by atoms with E-state index in [0.717, 1.165) is 35.5 Å². The van der Waals surface area contributed by atoms with Gasteiger partial charge in [0.25, 0.3) is 0 Å². The Morgan fingerprint density at radius 2 is 2.04 bits per heavy atom. The standard InChI is InChI=1S/C19H24N4O2/c1-12-18-15(13-8-9-17(25-2)20-11-13)10-16(24)21-19(18)23(22-12)14-6-4-3-5-7-14/h8-9,11,14-15H,3-7,10H2,1-2H3,(H,21,24)/t15-/m0/s1. The minimum atomic E-state index is -0.000466. The molecule has 6 heteroatoms. The third-order valence-corrected chi connectivity index (χ3v) is 5.42. The third-order valence-electron chi connectivity index (χ3n) is 5.42. The number of amides is 1. The number of methoxy groups -OCH3 is 1. The Morgan fingerprint density at radius 1 is 1.24 bits per heavy atom. The van der Waals surface area contributed by atoms with Crippen molar-refractivity contribution in [3.63, 3.8) is 0 Å².